The zero-order valence-corrected chi connectivity index (χ0v) is 9.13. The number of nitrogens with two attached hydrogens (primary N) is 1. The number of hydrogen-bond acceptors (Lipinski definition) is 4. The first-order valence-corrected chi connectivity index (χ1v) is 4.62. The van der Waals surface area contributed by atoms with Gasteiger partial charge in [0.2, 0.25) is 0 Å². The highest BCUT2D eigenvalue weighted by Crippen LogP contribution is 2.36. The van der Waals surface area contributed by atoms with Crippen LogP contribution in [0.25, 0.3) is 0 Å². The van der Waals surface area contributed by atoms with Crippen LogP contribution in [0.15, 0.2) is 12.3 Å². The summed E-state index contributed by atoms with van der Waals surface area (Å²) in [6.45, 7) is 7.80. The molecule has 0 bridgehead atoms. The van der Waals surface area contributed by atoms with Crippen molar-refractivity contribution in [2.75, 3.05) is 0 Å². The van der Waals surface area contributed by atoms with Crippen LogP contribution < -0.4 is 5.73 Å². The first-order chi connectivity index (χ1) is 6.30. The van der Waals surface area contributed by atoms with Gasteiger partial charge in [-0.3, -0.25) is 0 Å². The second-order valence-corrected chi connectivity index (χ2v) is 4.40. The van der Waals surface area contributed by atoms with Crippen LogP contribution in [0.4, 0.5) is 0 Å². The van der Waals surface area contributed by atoms with Crippen LogP contribution in [-0.4, -0.2) is 23.9 Å². The lowest BCUT2D eigenvalue weighted by atomic mass is 9.82. The fraction of sp³-hybridized carbons (Fsp3) is 0.667. The minimum absolute atomic E-state index is 0.242. The molecule has 1 rings (SSSR count). The van der Waals surface area contributed by atoms with E-state index in [0.29, 0.717) is 0 Å². The predicted molar refractivity (Wildman–Crippen MR) is 57.1 cm³/mol. The fourth-order valence-electron chi connectivity index (χ4n) is 1.15. The normalized spacial score (nSPS) is 24.4. The smallest absolute Gasteiger partial charge is 0.405 e. The minimum Gasteiger partial charge on any atom is -0.405 e. The van der Waals surface area contributed by atoms with Gasteiger partial charge in [-0.15, -0.1) is 0 Å². The molecule has 0 aromatic rings. The maximum Gasteiger partial charge on any atom is 0.513 e. The molecule has 1 fully saturated rings. The molecule has 0 unspecified atom stereocenters. The molecule has 1 heterocycles. The molecule has 0 spiro atoms. The van der Waals surface area contributed by atoms with E-state index in [4.69, 9.17) is 20.5 Å². The molecule has 0 radical (unpaired) electrons. The van der Waals surface area contributed by atoms with Crippen molar-refractivity contribution in [2.45, 2.75) is 38.9 Å². The highest BCUT2D eigenvalue weighted by atomic mass is 16.7. The van der Waals surface area contributed by atoms with Gasteiger partial charge in [0.25, 0.3) is 0 Å². The third kappa shape index (κ3) is 1.83. The van der Waals surface area contributed by atoms with Gasteiger partial charge in [-0.05, 0) is 40.0 Å². The fourth-order valence-corrected chi connectivity index (χ4v) is 1.15. The van der Waals surface area contributed by atoms with Crippen LogP contribution in [0, 0.1) is 5.41 Å². The van der Waals surface area contributed by atoms with E-state index in [9.17, 15) is 0 Å². The van der Waals surface area contributed by atoms with E-state index in [1.165, 1.54) is 12.3 Å². The van der Waals surface area contributed by atoms with E-state index in [-0.39, 0.29) is 5.61 Å². The minimum atomic E-state index is -0.611. The van der Waals surface area contributed by atoms with E-state index in [0.717, 1.165) is 0 Å². The van der Waals surface area contributed by atoms with Crippen LogP contribution in [0.5, 0.6) is 0 Å². The van der Waals surface area contributed by atoms with Gasteiger partial charge in [0.05, 0.1) is 16.8 Å². The van der Waals surface area contributed by atoms with E-state index < -0.39 is 18.3 Å². The van der Waals surface area contributed by atoms with Gasteiger partial charge in [-0.1, -0.05) is 0 Å². The van der Waals surface area contributed by atoms with Crippen molar-refractivity contribution >= 4 is 12.7 Å². The van der Waals surface area contributed by atoms with Crippen LogP contribution in [0.1, 0.15) is 27.7 Å². The van der Waals surface area contributed by atoms with Crippen molar-refractivity contribution in [3.05, 3.63) is 12.3 Å². The Bertz CT molecular complexity index is 258. The largest absolute Gasteiger partial charge is 0.513 e. The summed E-state index contributed by atoms with van der Waals surface area (Å²) < 4.78 is 11.2. The Morgan fingerprint density at radius 2 is 1.64 bits per heavy atom. The zero-order valence-electron chi connectivity index (χ0n) is 9.13. The molecule has 4 nitrogen and oxygen atoms in total. The molecule has 1 aliphatic rings. The molecule has 1 aliphatic heterocycles. The third-order valence-electron chi connectivity index (χ3n) is 2.78. The second kappa shape index (κ2) is 3.40. The molecule has 0 aromatic carbocycles. The first kappa shape index (κ1) is 11.3. The number of allylic oxidation sites excluding steroid dienone is 1. The first-order valence-electron chi connectivity index (χ1n) is 4.62. The molecule has 1 saturated heterocycles. The lowest BCUT2D eigenvalue weighted by molar-refractivity contribution is 0.00578. The molecule has 14 heavy (non-hydrogen) atoms. The van der Waals surface area contributed by atoms with E-state index in [1.54, 1.807) is 0 Å². The Labute approximate surface area is 85.1 Å². The molecule has 78 valence electrons. The van der Waals surface area contributed by atoms with Crippen molar-refractivity contribution in [2.24, 2.45) is 5.73 Å². The Balaban J connectivity index is 2.78. The lowest BCUT2D eigenvalue weighted by Crippen LogP contribution is -2.41. The summed E-state index contributed by atoms with van der Waals surface area (Å²) in [5.41, 5.74) is 4.65. The average molecular weight is 196 g/mol. The maximum absolute atomic E-state index is 7.62. The van der Waals surface area contributed by atoms with Crippen molar-refractivity contribution in [3.8, 4) is 0 Å². The van der Waals surface area contributed by atoms with E-state index in [1.807, 2.05) is 27.7 Å². The van der Waals surface area contributed by atoms with E-state index >= 15 is 0 Å². The quantitative estimate of drug-likeness (QED) is 0.513. The molecule has 0 amide bonds. The molecular weight excluding hydrogens is 179 g/mol. The van der Waals surface area contributed by atoms with E-state index in [2.05, 4.69) is 0 Å². The van der Waals surface area contributed by atoms with Gasteiger partial charge in [0, 0.05) is 0 Å². The SMILES string of the molecule is CC1(C)OB(C(=N)/C=C\N)OC1(C)C. The Kier molecular flexibility index (Phi) is 2.74. The van der Waals surface area contributed by atoms with Crippen molar-refractivity contribution < 1.29 is 9.31 Å². The maximum atomic E-state index is 7.62. The molecule has 0 atom stereocenters. The van der Waals surface area contributed by atoms with Gasteiger partial charge in [0.1, 0.15) is 0 Å². The summed E-state index contributed by atoms with van der Waals surface area (Å²) >= 11 is 0. The zero-order chi connectivity index (χ0) is 11.0. The second-order valence-electron chi connectivity index (χ2n) is 4.40. The molecular formula is C9H17BN2O2. The Morgan fingerprint density at radius 3 is 2.00 bits per heavy atom. The summed E-state index contributed by atoms with van der Waals surface area (Å²) in [4.78, 5) is 0. The monoisotopic (exact) mass is 196 g/mol. The highest BCUT2D eigenvalue weighted by Gasteiger charge is 2.52. The van der Waals surface area contributed by atoms with Crippen molar-refractivity contribution in [3.63, 3.8) is 0 Å². The van der Waals surface area contributed by atoms with Crippen LogP contribution >= 0.6 is 0 Å². The van der Waals surface area contributed by atoms with Crippen molar-refractivity contribution in [1.82, 2.24) is 0 Å². The van der Waals surface area contributed by atoms with Gasteiger partial charge in [0.15, 0.2) is 0 Å². The molecule has 0 aromatic heterocycles. The predicted octanol–water partition coefficient (Wildman–Crippen LogP) is 1.11. The number of hydrogen-bond donors (Lipinski definition) is 2. The molecule has 0 aliphatic carbocycles. The molecule has 5 heteroatoms. The van der Waals surface area contributed by atoms with Crippen molar-refractivity contribution in [1.29, 1.82) is 5.41 Å². The van der Waals surface area contributed by atoms with Gasteiger partial charge in [-0.25, -0.2) is 0 Å². The summed E-state index contributed by atoms with van der Waals surface area (Å²) in [6.07, 6.45) is 2.79. The lowest BCUT2D eigenvalue weighted by Gasteiger charge is -2.32. The number of rotatable bonds is 2. The molecule has 0 saturated carbocycles. The average Bonchev–Trinajstić information content (AvgIpc) is 2.22. The van der Waals surface area contributed by atoms with Crippen LogP contribution in [0.3, 0.4) is 0 Å². The third-order valence-corrected chi connectivity index (χ3v) is 2.78. The highest BCUT2D eigenvalue weighted by molar-refractivity contribution is 6.84. The summed E-state index contributed by atoms with van der Waals surface area (Å²) in [5, 5.41) is 7.62. The summed E-state index contributed by atoms with van der Waals surface area (Å²) in [7, 11) is -0.611. The number of nitrogens with one attached hydrogen (secondary N) is 1. The van der Waals surface area contributed by atoms with Crippen LogP contribution in [0.2, 0.25) is 0 Å². The standard InChI is InChI=1S/C9H17BN2O2/c1-8(2)9(3,4)14-10(13-8)7(12)5-6-11/h5-6,12H,11H2,1-4H3/b6-5-,12-7?. The summed E-state index contributed by atoms with van der Waals surface area (Å²) in [5.74, 6) is 0. The topological polar surface area (TPSA) is 68.3 Å². The van der Waals surface area contributed by atoms with Gasteiger partial charge in [-0.2, -0.15) is 0 Å². The Hall–Kier alpha value is -0.805. The van der Waals surface area contributed by atoms with Gasteiger partial charge >= 0.3 is 7.12 Å². The molecule has 3 N–H and O–H groups in total. The van der Waals surface area contributed by atoms with Crippen LogP contribution in [-0.2, 0) is 9.31 Å². The van der Waals surface area contributed by atoms with Gasteiger partial charge < -0.3 is 20.5 Å². The Morgan fingerprint density at radius 1 is 1.21 bits per heavy atom. The summed E-state index contributed by atoms with van der Waals surface area (Å²) in [6, 6.07) is 0.